The minimum Gasteiger partial charge on any atom is -0.480 e. The highest BCUT2D eigenvalue weighted by Crippen LogP contribution is 2.37. The Bertz CT molecular complexity index is 2060. The van der Waals surface area contributed by atoms with Crippen LogP contribution in [0.4, 0.5) is 10.6 Å². The van der Waals surface area contributed by atoms with E-state index < -0.39 is 29.0 Å². The van der Waals surface area contributed by atoms with Gasteiger partial charge < -0.3 is 20.1 Å². The van der Waals surface area contributed by atoms with Crippen molar-refractivity contribution in [3.63, 3.8) is 0 Å². The maximum absolute atomic E-state index is 13.7. The van der Waals surface area contributed by atoms with Gasteiger partial charge in [0.2, 0.25) is 5.82 Å². The summed E-state index contributed by atoms with van der Waals surface area (Å²) in [5.41, 5.74) is -0.00281. The van der Waals surface area contributed by atoms with Crippen molar-refractivity contribution in [3.05, 3.63) is 89.3 Å². The molecule has 1 aliphatic carbocycles. The molecule has 6 rings (SSSR count). The number of nitrogens with zero attached hydrogens (tertiary/aromatic N) is 6. The molecule has 0 saturated carbocycles. The van der Waals surface area contributed by atoms with Crippen molar-refractivity contribution in [1.82, 2.24) is 40.1 Å². The van der Waals surface area contributed by atoms with Crippen molar-refractivity contribution in [2.24, 2.45) is 0 Å². The second kappa shape index (κ2) is 14.0. The van der Waals surface area contributed by atoms with Crippen molar-refractivity contribution < 1.29 is 23.9 Å². The number of aromatic nitrogens is 5. The highest BCUT2D eigenvalue weighted by Gasteiger charge is 2.40. The fourth-order valence-electron chi connectivity index (χ4n) is 6.40. The van der Waals surface area contributed by atoms with Gasteiger partial charge in [-0.25, -0.2) is 14.8 Å². The zero-order valence-corrected chi connectivity index (χ0v) is 31.9. The summed E-state index contributed by atoms with van der Waals surface area (Å²) in [6, 6.07) is 11.9. The lowest BCUT2D eigenvalue weighted by molar-refractivity contribution is -0.111. The lowest BCUT2D eigenvalue weighted by Gasteiger charge is -2.48. The van der Waals surface area contributed by atoms with E-state index in [2.05, 4.69) is 75.6 Å². The molecule has 3 aromatic heterocycles. The summed E-state index contributed by atoms with van der Waals surface area (Å²) in [6.45, 7) is 18.1. The summed E-state index contributed by atoms with van der Waals surface area (Å²) in [6.07, 6.45) is 5.54. The van der Waals surface area contributed by atoms with E-state index in [9.17, 15) is 14.4 Å². The fraction of sp³-hybridized carbons (Fsp3) is 0.462. The fourth-order valence-corrected chi connectivity index (χ4v) is 6.40. The molecule has 1 aromatic carbocycles. The van der Waals surface area contributed by atoms with Crippen LogP contribution in [-0.2, 0) is 25.9 Å². The lowest BCUT2D eigenvalue weighted by Crippen LogP contribution is -2.63. The molecule has 1 aliphatic heterocycles. The Morgan fingerprint density at radius 2 is 1.72 bits per heavy atom. The smallest absolute Gasteiger partial charge is 0.321 e. The molecule has 0 radical (unpaired) electrons. The van der Waals surface area contributed by atoms with Crippen molar-refractivity contribution in [1.29, 1.82) is 0 Å². The molecule has 14 nitrogen and oxygen atoms in total. The van der Waals surface area contributed by atoms with E-state index >= 15 is 0 Å². The van der Waals surface area contributed by atoms with Crippen LogP contribution in [0.2, 0.25) is 0 Å². The van der Waals surface area contributed by atoms with E-state index in [1.165, 1.54) is 0 Å². The van der Waals surface area contributed by atoms with Crippen LogP contribution < -0.4 is 20.7 Å². The molecule has 3 amide bonds. The summed E-state index contributed by atoms with van der Waals surface area (Å²) in [4.78, 5) is 51.2. The molecule has 2 atom stereocenters. The van der Waals surface area contributed by atoms with Crippen LogP contribution in [0.3, 0.4) is 0 Å². The molecule has 0 unspecified atom stereocenters. The van der Waals surface area contributed by atoms with Crippen LogP contribution in [0.25, 0.3) is 5.65 Å². The van der Waals surface area contributed by atoms with E-state index in [4.69, 9.17) is 9.47 Å². The van der Waals surface area contributed by atoms with Crippen LogP contribution in [0.5, 0.6) is 5.75 Å². The number of hydrogen-bond donors (Lipinski definition) is 3. The second-order valence-corrected chi connectivity index (χ2v) is 16.4. The van der Waals surface area contributed by atoms with E-state index in [1.54, 1.807) is 37.5 Å². The first-order valence-corrected chi connectivity index (χ1v) is 17.7. The summed E-state index contributed by atoms with van der Waals surface area (Å²) in [5.74, 6) is 0.958. The highest BCUT2D eigenvalue weighted by molar-refractivity contribution is 5.94. The normalized spacial score (nSPS) is 19.3. The number of urea groups is 1. The standard InChI is InChI=1S/C39H49N9O5/c1-36(2,3)29-18-30(42-32(41-29)33(50)40-22-38(7,8)47-19-25(20-47)52-9)43-35(51)44-39(23-49)17-16-28(26-12-10-11-13-27(26)39)53-24-14-15-31-45-46-34(37(4,5)6)48(31)21-24/h10-18,21,23,25,28H,19-20,22H2,1-9H3,(H,40,50)(H2,41,42,43,44,51)/t28-,39-/m1/s1. The third-order valence-electron chi connectivity index (χ3n) is 9.72. The van der Waals surface area contributed by atoms with Crippen LogP contribution in [0, 0.1) is 0 Å². The number of carbonyl (C=O) groups excluding carboxylic acids is 3. The number of likely N-dealkylation sites (tertiary alicyclic amines) is 1. The molecule has 4 heterocycles. The van der Waals surface area contributed by atoms with E-state index in [0.29, 0.717) is 41.0 Å². The lowest BCUT2D eigenvalue weighted by atomic mass is 9.81. The van der Waals surface area contributed by atoms with Gasteiger partial charge >= 0.3 is 6.03 Å². The van der Waals surface area contributed by atoms with Crippen LogP contribution >= 0.6 is 0 Å². The van der Waals surface area contributed by atoms with Gasteiger partial charge in [0.1, 0.15) is 29.0 Å². The van der Waals surface area contributed by atoms with Gasteiger partial charge in [0.15, 0.2) is 11.9 Å². The molecule has 1 fully saturated rings. The van der Waals surface area contributed by atoms with Gasteiger partial charge in [-0.1, -0.05) is 65.8 Å². The van der Waals surface area contributed by atoms with E-state index in [1.807, 2.05) is 55.6 Å². The number of benzene rings is 1. The average molecular weight is 724 g/mol. The summed E-state index contributed by atoms with van der Waals surface area (Å²) in [7, 11) is 1.70. The first-order chi connectivity index (χ1) is 24.9. The summed E-state index contributed by atoms with van der Waals surface area (Å²) in [5, 5.41) is 17.2. The quantitative estimate of drug-likeness (QED) is 0.152. The number of pyridine rings is 1. The zero-order chi connectivity index (χ0) is 38.3. The Kier molecular flexibility index (Phi) is 9.90. The molecule has 53 heavy (non-hydrogen) atoms. The van der Waals surface area contributed by atoms with Gasteiger partial charge in [0.25, 0.3) is 5.91 Å². The van der Waals surface area contributed by atoms with Crippen LogP contribution in [-0.4, -0.2) is 86.1 Å². The Morgan fingerprint density at radius 1 is 0.981 bits per heavy atom. The number of carbonyl (C=O) groups is 3. The van der Waals surface area contributed by atoms with E-state index in [0.717, 1.165) is 18.9 Å². The molecular formula is C39H49N9O5. The molecule has 1 saturated heterocycles. The number of methoxy groups -OCH3 is 1. The van der Waals surface area contributed by atoms with Gasteiger partial charge in [-0.2, -0.15) is 0 Å². The number of rotatable bonds is 10. The second-order valence-electron chi connectivity index (χ2n) is 16.4. The molecule has 0 bridgehead atoms. The number of anilines is 1. The number of aldehydes is 1. The van der Waals surface area contributed by atoms with Gasteiger partial charge in [0, 0.05) is 54.7 Å². The van der Waals surface area contributed by atoms with Gasteiger partial charge in [0.05, 0.1) is 18.0 Å². The minimum atomic E-state index is -1.51. The maximum atomic E-state index is 13.7. The Hall–Kier alpha value is -5.21. The van der Waals surface area contributed by atoms with Crippen LogP contribution in [0.15, 0.2) is 60.8 Å². The number of fused-ring (bicyclic) bond motifs is 2. The number of nitrogens with one attached hydrogen (secondary N) is 3. The Labute approximate surface area is 309 Å². The van der Waals surface area contributed by atoms with Crippen LogP contribution in [0.1, 0.15) is 94.8 Å². The summed E-state index contributed by atoms with van der Waals surface area (Å²) < 4.78 is 13.8. The molecule has 14 heteroatoms. The molecule has 280 valence electrons. The van der Waals surface area contributed by atoms with Gasteiger partial charge in [-0.15, -0.1) is 10.2 Å². The third kappa shape index (κ3) is 7.79. The molecule has 4 aromatic rings. The third-order valence-corrected chi connectivity index (χ3v) is 9.72. The molecular weight excluding hydrogens is 674 g/mol. The minimum absolute atomic E-state index is 0.0748. The predicted molar refractivity (Wildman–Crippen MR) is 200 cm³/mol. The SMILES string of the molecule is COC1CN(C(C)(C)CNC(=O)c2nc(NC(=O)N[C@@]3(C=O)C=C[C@@H](Oc4ccc5nnc(C(C)(C)C)n5c4)c4ccccc43)cc(C(C)(C)C)n2)C1. The maximum Gasteiger partial charge on any atom is 0.321 e. The average Bonchev–Trinajstić information content (AvgIpc) is 3.51. The van der Waals surface area contributed by atoms with E-state index in [-0.39, 0.29) is 28.7 Å². The van der Waals surface area contributed by atoms with Crippen molar-refractivity contribution >= 4 is 29.7 Å². The van der Waals surface area contributed by atoms with Gasteiger partial charge in [-0.05, 0) is 43.7 Å². The zero-order valence-electron chi connectivity index (χ0n) is 31.9. The first kappa shape index (κ1) is 37.5. The topological polar surface area (TPSA) is 165 Å². The molecule has 3 N–H and O–H groups in total. The highest BCUT2D eigenvalue weighted by atomic mass is 16.5. The summed E-state index contributed by atoms with van der Waals surface area (Å²) >= 11 is 0. The number of amides is 3. The Morgan fingerprint density at radius 3 is 2.40 bits per heavy atom. The van der Waals surface area contributed by atoms with Crippen molar-refractivity contribution in [2.75, 3.05) is 32.1 Å². The van der Waals surface area contributed by atoms with Crippen molar-refractivity contribution in [2.45, 2.75) is 89.5 Å². The molecule has 0 spiro atoms. The number of ether oxygens (including phenoxy) is 2. The first-order valence-electron chi connectivity index (χ1n) is 17.7. The number of hydrogen-bond acceptors (Lipinski definition) is 10. The van der Waals surface area contributed by atoms with Crippen molar-refractivity contribution in [3.8, 4) is 5.75 Å². The van der Waals surface area contributed by atoms with Gasteiger partial charge in [-0.3, -0.25) is 24.2 Å². The predicted octanol–water partition coefficient (Wildman–Crippen LogP) is 4.86. The molecule has 2 aliphatic rings. The Balaban J connectivity index is 1.20. The monoisotopic (exact) mass is 723 g/mol. The largest absolute Gasteiger partial charge is 0.480 e.